The highest BCUT2D eigenvalue weighted by molar-refractivity contribution is 6.06. The third kappa shape index (κ3) is 5.68. The zero-order chi connectivity index (χ0) is 40.6. The molecule has 290 valence electrons. The Balaban J connectivity index is 1.28. The largest absolute Gasteiger partial charge is 0.308 e. The third-order valence-corrected chi connectivity index (χ3v) is 13.8. The van der Waals surface area contributed by atoms with Crippen LogP contribution in [0.5, 0.6) is 0 Å². The van der Waals surface area contributed by atoms with Crippen molar-refractivity contribution in [3.8, 4) is 55.6 Å². The summed E-state index contributed by atoms with van der Waals surface area (Å²) >= 11 is 0. The van der Waals surface area contributed by atoms with E-state index in [1.54, 1.807) is 0 Å². The summed E-state index contributed by atoms with van der Waals surface area (Å²) in [7, 11) is 0. The number of aryl methyl sites for hydroxylation is 1. The minimum absolute atomic E-state index is 0.824. The van der Waals surface area contributed by atoms with Gasteiger partial charge in [-0.3, -0.25) is 0 Å². The Morgan fingerprint density at radius 3 is 1.46 bits per heavy atom. The van der Waals surface area contributed by atoms with E-state index in [1.165, 1.54) is 128 Å². The summed E-state index contributed by atoms with van der Waals surface area (Å²) in [5.41, 5.74) is 30.7. The maximum Gasteiger partial charge on any atom is 0.0588 e. The molecule has 0 saturated heterocycles. The molecule has 0 unspecified atom stereocenters. The Morgan fingerprint density at radius 2 is 0.852 bits per heavy atom. The molecule has 9 aromatic carbocycles. The van der Waals surface area contributed by atoms with Gasteiger partial charge in [0, 0.05) is 24.8 Å². The van der Waals surface area contributed by atoms with Crippen molar-refractivity contribution in [2.75, 3.05) is 4.90 Å². The SMILES string of the molecule is Cc1cc2c(c(N(c3c(Cc4ccccc4)ccc4c3Cc3ccccc3-4)c3c4c(cc(-c5ccccc5)c3-c3ccccc3)-c3ccccc3C4)c1C)Cc1ccccc1-2. The number of nitrogens with zero attached hydrogens (tertiary/aromatic N) is 1. The van der Waals surface area contributed by atoms with Gasteiger partial charge < -0.3 is 4.90 Å². The van der Waals surface area contributed by atoms with Gasteiger partial charge in [-0.15, -0.1) is 0 Å². The lowest BCUT2D eigenvalue weighted by Crippen LogP contribution is -2.21. The fourth-order valence-corrected chi connectivity index (χ4v) is 10.9. The lowest BCUT2D eigenvalue weighted by Gasteiger charge is -2.37. The van der Waals surface area contributed by atoms with Gasteiger partial charge in [0.05, 0.1) is 17.1 Å². The van der Waals surface area contributed by atoms with Gasteiger partial charge in [-0.05, 0) is 132 Å². The Hall–Kier alpha value is -7.22. The molecule has 0 N–H and O–H groups in total. The molecule has 3 aliphatic rings. The van der Waals surface area contributed by atoms with E-state index in [-0.39, 0.29) is 0 Å². The molecule has 0 atom stereocenters. The smallest absolute Gasteiger partial charge is 0.0588 e. The first kappa shape index (κ1) is 35.7. The predicted molar refractivity (Wildman–Crippen MR) is 255 cm³/mol. The zero-order valence-electron chi connectivity index (χ0n) is 34.7. The van der Waals surface area contributed by atoms with Gasteiger partial charge in [0.1, 0.15) is 0 Å². The second kappa shape index (κ2) is 14.2. The fourth-order valence-electron chi connectivity index (χ4n) is 10.9. The first-order valence-electron chi connectivity index (χ1n) is 21.8. The van der Waals surface area contributed by atoms with Crippen molar-refractivity contribution in [2.45, 2.75) is 39.5 Å². The van der Waals surface area contributed by atoms with Gasteiger partial charge in [0.2, 0.25) is 0 Å². The van der Waals surface area contributed by atoms with Crippen molar-refractivity contribution in [1.82, 2.24) is 0 Å². The van der Waals surface area contributed by atoms with Gasteiger partial charge in [-0.2, -0.15) is 0 Å². The van der Waals surface area contributed by atoms with Gasteiger partial charge in [-0.1, -0.05) is 182 Å². The molecule has 61 heavy (non-hydrogen) atoms. The van der Waals surface area contributed by atoms with E-state index in [4.69, 9.17) is 0 Å². The van der Waals surface area contributed by atoms with E-state index in [0.29, 0.717) is 0 Å². The Kier molecular flexibility index (Phi) is 8.32. The van der Waals surface area contributed by atoms with Crippen LogP contribution in [0.4, 0.5) is 17.1 Å². The molecule has 9 aromatic rings. The molecule has 0 aliphatic heterocycles. The van der Waals surface area contributed by atoms with Crippen molar-refractivity contribution in [3.05, 3.63) is 244 Å². The molecule has 0 saturated carbocycles. The summed E-state index contributed by atoms with van der Waals surface area (Å²) < 4.78 is 0. The van der Waals surface area contributed by atoms with Crippen LogP contribution in [-0.4, -0.2) is 0 Å². The highest BCUT2D eigenvalue weighted by Crippen LogP contribution is 2.59. The van der Waals surface area contributed by atoms with Gasteiger partial charge >= 0.3 is 0 Å². The van der Waals surface area contributed by atoms with E-state index < -0.39 is 0 Å². The Morgan fingerprint density at radius 1 is 0.377 bits per heavy atom. The topological polar surface area (TPSA) is 3.24 Å². The molecule has 1 nitrogen and oxygen atoms in total. The van der Waals surface area contributed by atoms with E-state index >= 15 is 0 Å². The minimum Gasteiger partial charge on any atom is -0.308 e. The average molecular weight is 780 g/mol. The van der Waals surface area contributed by atoms with Crippen LogP contribution in [0.2, 0.25) is 0 Å². The van der Waals surface area contributed by atoms with Crippen LogP contribution in [0.3, 0.4) is 0 Å². The third-order valence-electron chi connectivity index (χ3n) is 13.8. The number of hydrogen-bond acceptors (Lipinski definition) is 1. The van der Waals surface area contributed by atoms with Crippen LogP contribution in [0.1, 0.15) is 55.6 Å². The maximum absolute atomic E-state index is 2.83. The molecule has 0 radical (unpaired) electrons. The van der Waals surface area contributed by atoms with Gasteiger partial charge in [0.15, 0.2) is 0 Å². The lowest BCUT2D eigenvalue weighted by molar-refractivity contribution is 1.09. The van der Waals surface area contributed by atoms with E-state index in [9.17, 15) is 0 Å². The van der Waals surface area contributed by atoms with Gasteiger partial charge in [0.25, 0.3) is 0 Å². The molecule has 3 aliphatic carbocycles. The highest BCUT2D eigenvalue weighted by atomic mass is 15.2. The van der Waals surface area contributed by atoms with Crippen molar-refractivity contribution < 1.29 is 0 Å². The number of anilines is 3. The standard InChI is InChI=1S/C60H45N/c1-38-32-52-48-28-16-13-25-44(48)35-55(52)58(39(38)2)61(59-46(33-40-18-6-3-7-19-40)30-31-50-47-27-15-12-24-43(47)34-54(50)59)60-56-36-45-26-14-17-29-49(45)53(56)37-51(41-20-8-4-9-21-41)57(60)42-22-10-5-11-23-42/h3-32,37H,33-36H2,1-2H3. The summed E-state index contributed by atoms with van der Waals surface area (Å²) in [6.07, 6.45) is 3.46. The quantitative estimate of drug-likeness (QED) is 0.156. The summed E-state index contributed by atoms with van der Waals surface area (Å²) in [5.74, 6) is 0. The van der Waals surface area contributed by atoms with E-state index in [2.05, 4.69) is 207 Å². The van der Waals surface area contributed by atoms with Crippen LogP contribution < -0.4 is 4.90 Å². The molecule has 0 spiro atoms. The maximum atomic E-state index is 2.83. The van der Waals surface area contributed by atoms with Gasteiger partial charge in [-0.25, -0.2) is 0 Å². The molecule has 0 amide bonds. The number of rotatable bonds is 7. The zero-order valence-corrected chi connectivity index (χ0v) is 34.7. The normalized spacial score (nSPS) is 12.6. The summed E-state index contributed by atoms with van der Waals surface area (Å²) in [6.45, 7) is 4.71. The molecule has 0 heterocycles. The van der Waals surface area contributed by atoms with Crippen molar-refractivity contribution in [3.63, 3.8) is 0 Å². The van der Waals surface area contributed by atoms with Crippen LogP contribution in [0.15, 0.2) is 188 Å². The molecule has 0 fully saturated rings. The number of benzene rings is 9. The minimum atomic E-state index is 0.824. The fraction of sp³-hybridized carbons (Fsp3) is 0.100. The Labute approximate surface area is 359 Å². The van der Waals surface area contributed by atoms with Crippen LogP contribution in [0.25, 0.3) is 55.6 Å². The molecular weight excluding hydrogens is 735 g/mol. The van der Waals surface area contributed by atoms with Crippen LogP contribution in [-0.2, 0) is 25.7 Å². The summed E-state index contributed by atoms with van der Waals surface area (Å²) in [5, 5.41) is 0. The van der Waals surface area contributed by atoms with Crippen LogP contribution in [0, 0.1) is 13.8 Å². The van der Waals surface area contributed by atoms with Crippen LogP contribution >= 0.6 is 0 Å². The summed E-state index contributed by atoms with van der Waals surface area (Å²) in [4.78, 5) is 2.83. The molecule has 0 aromatic heterocycles. The summed E-state index contributed by atoms with van der Waals surface area (Å²) in [6, 6.07) is 70.6. The number of hydrogen-bond donors (Lipinski definition) is 0. The second-order valence-electron chi connectivity index (χ2n) is 17.2. The van der Waals surface area contributed by atoms with E-state index in [0.717, 1.165) is 25.7 Å². The monoisotopic (exact) mass is 779 g/mol. The van der Waals surface area contributed by atoms with Crippen molar-refractivity contribution >= 4 is 17.1 Å². The first-order valence-corrected chi connectivity index (χ1v) is 21.8. The second-order valence-corrected chi connectivity index (χ2v) is 17.2. The Bertz CT molecular complexity index is 3190. The lowest BCUT2D eigenvalue weighted by atomic mass is 9.85. The van der Waals surface area contributed by atoms with Crippen molar-refractivity contribution in [1.29, 1.82) is 0 Å². The highest BCUT2D eigenvalue weighted by Gasteiger charge is 2.37. The first-order chi connectivity index (χ1) is 30.1. The van der Waals surface area contributed by atoms with Crippen molar-refractivity contribution in [2.24, 2.45) is 0 Å². The number of fused-ring (bicyclic) bond motifs is 9. The predicted octanol–water partition coefficient (Wildman–Crippen LogP) is 15.4. The average Bonchev–Trinajstić information content (AvgIpc) is 4.00. The molecule has 0 bridgehead atoms. The molecular formula is C60H45N. The molecule has 1 heteroatoms. The van der Waals surface area contributed by atoms with E-state index in [1.807, 2.05) is 0 Å². The molecule has 12 rings (SSSR count).